The minimum atomic E-state index is 0. The van der Waals surface area contributed by atoms with E-state index in [0.717, 1.165) is 5.56 Å². The van der Waals surface area contributed by atoms with Gasteiger partial charge < -0.3 is 11.5 Å². The zero-order chi connectivity index (χ0) is 11.5. The average Bonchev–Trinajstić information content (AvgIpc) is 2.32. The maximum absolute atomic E-state index is 8.00. The maximum atomic E-state index is 8.00. The van der Waals surface area contributed by atoms with Crippen LogP contribution in [0.2, 0.25) is 0 Å². The van der Waals surface area contributed by atoms with Gasteiger partial charge in [-0.05, 0) is 29.8 Å². The van der Waals surface area contributed by atoms with E-state index in [1.165, 1.54) is 0 Å². The first-order valence-electron chi connectivity index (χ1n) is 4.79. The second-order valence-electron chi connectivity index (χ2n) is 3.42. The maximum Gasteiger partial charge on any atom is 0.0673 e. The Labute approximate surface area is 113 Å². The minimum absolute atomic E-state index is 0. The van der Waals surface area contributed by atoms with Crippen LogP contribution in [0.5, 0.6) is 0 Å². The molecular formula is C12H11IrN4-. The number of hydrogen-bond acceptors (Lipinski definition) is 3. The molecule has 0 fully saturated rings. The summed E-state index contributed by atoms with van der Waals surface area (Å²) in [4.78, 5) is 3.89. The zero-order valence-electron chi connectivity index (χ0n) is 8.90. The van der Waals surface area contributed by atoms with Gasteiger partial charge in [-0.15, -0.1) is 5.69 Å². The van der Waals surface area contributed by atoms with E-state index in [2.05, 4.69) is 4.98 Å². The van der Waals surface area contributed by atoms with E-state index >= 15 is 0 Å². The fraction of sp³-hybridized carbons (Fsp3) is 0. The van der Waals surface area contributed by atoms with Gasteiger partial charge in [0.1, 0.15) is 0 Å². The number of pyridine rings is 1. The first-order chi connectivity index (χ1) is 7.68. The SMILES string of the molecule is N=C(c1ccncc1)c1cc(N)ccc1[NH-].[Ir]. The van der Waals surface area contributed by atoms with Gasteiger partial charge in [0.05, 0.1) is 5.71 Å². The quantitative estimate of drug-likeness (QED) is 0.597. The predicted octanol–water partition coefficient (Wildman–Crippen LogP) is 2.76. The Morgan fingerprint density at radius 1 is 1.18 bits per heavy atom. The van der Waals surface area contributed by atoms with Crippen molar-refractivity contribution in [2.75, 3.05) is 5.73 Å². The summed E-state index contributed by atoms with van der Waals surface area (Å²) in [5.74, 6) is 0. The third-order valence-corrected chi connectivity index (χ3v) is 2.28. The number of nitrogens with one attached hydrogen (secondary N) is 2. The monoisotopic (exact) mass is 404 g/mol. The molecule has 0 aliphatic carbocycles. The Morgan fingerprint density at radius 3 is 2.47 bits per heavy atom. The minimum Gasteiger partial charge on any atom is -0.698 e. The Morgan fingerprint density at radius 2 is 1.82 bits per heavy atom. The number of nitrogens with zero attached hydrogens (tertiary/aromatic N) is 1. The van der Waals surface area contributed by atoms with Crippen molar-refractivity contribution >= 4 is 17.1 Å². The van der Waals surface area contributed by atoms with Crippen LogP contribution in [0.4, 0.5) is 11.4 Å². The van der Waals surface area contributed by atoms with Crippen LogP contribution in [0.1, 0.15) is 11.1 Å². The average molecular weight is 403 g/mol. The topological polar surface area (TPSA) is 86.6 Å². The molecule has 0 aliphatic rings. The Bertz CT molecular complexity index is 525. The van der Waals surface area contributed by atoms with Crippen LogP contribution < -0.4 is 5.73 Å². The molecule has 0 amide bonds. The van der Waals surface area contributed by atoms with Gasteiger partial charge in [0, 0.05) is 43.7 Å². The van der Waals surface area contributed by atoms with Crippen molar-refractivity contribution in [3.05, 3.63) is 59.6 Å². The Balaban J connectivity index is 0.00000144. The first-order valence-corrected chi connectivity index (χ1v) is 4.79. The van der Waals surface area contributed by atoms with Crippen molar-refractivity contribution in [2.45, 2.75) is 0 Å². The number of nitrogen functional groups attached to an aromatic ring is 1. The van der Waals surface area contributed by atoms with E-state index in [0.29, 0.717) is 22.6 Å². The second kappa shape index (κ2) is 5.57. The van der Waals surface area contributed by atoms with Crippen LogP contribution >= 0.6 is 0 Å². The normalized spacial score (nSPS) is 9.41. The third-order valence-electron chi connectivity index (χ3n) is 2.28. The molecule has 1 aromatic carbocycles. The van der Waals surface area contributed by atoms with Crippen LogP contribution in [-0.2, 0) is 20.1 Å². The van der Waals surface area contributed by atoms with Crippen LogP contribution in [-0.4, -0.2) is 10.7 Å². The van der Waals surface area contributed by atoms with Crippen LogP contribution in [0.3, 0.4) is 0 Å². The van der Waals surface area contributed by atoms with E-state index < -0.39 is 0 Å². The standard InChI is InChI=1S/C12H11N4.Ir/c13-9-1-2-11(14)10(7-9)12(15)8-3-5-16-6-4-8;/h1-7,14-15H,13H2;/q-1;. The molecule has 0 spiro atoms. The molecule has 2 rings (SSSR count). The van der Waals surface area contributed by atoms with Crippen LogP contribution in [0.25, 0.3) is 5.73 Å². The smallest absolute Gasteiger partial charge is 0.0673 e. The molecule has 89 valence electrons. The van der Waals surface area contributed by atoms with Crippen molar-refractivity contribution in [3.8, 4) is 0 Å². The van der Waals surface area contributed by atoms with Gasteiger partial charge in [-0.2, -0.15) is 0 Å². The van der Waals surface area contributed by atoms with Crippen molar-refractivity contribution in [1.29, 1.82) is 5.41 Å². The van der Waals surface area contributed by atoms with Gasteiger partial charge in [-0.25, -0.2) is 0 Å². The van der Waals surface area contributed by atoms with Gasteiger partial charge in [-0.1, -0.05) is 6.07 Å². The summed E-state index contributed by atoms with van der Waals surface area (Å²) in [6.45, 7) is 0. The summed E-state index contributed by atoms with van der Waals surface area (Å²) in [6.07, 6.45) is 3.25. The molecule has 0 saturated heterocycles. The summed E-state index contributed by atoms with van der Waals surface area (Å²) in [7, 11) is 0. The molecule has 2 aromatic rings. The third kappa shape index (κ3) is 2.90. The molecule has 0 aliphatic heterocycles. The number of benzene rings is 1. The van der Waals surface area contributed by atoms with Crippen molar-refractivity contribution in [1.82, 2.24) is 4.98 Å². The Kier molecular flexibility index (Phi) is 4.37. The second-order valence-corrected chi connectivity index (χ2v) is 3.42. The van der Waals surface area contributed by atoms with E-state index in [9.17, 15) is 0 Å². The largest absolute Gasteiger partial charge is 0.698 e. The number of nitrogens with two attached hydrogens (primary N) is 1. The van der Waals surface area contributed by atoms with Crippen molar-refractivity contribution in [3.63, 3.8) is 0 Å². The molecule has 0 bridgehead atoms. The molecule has 4 nitrogen and oxygen atoms in total. The van der Waals surface area contributed by atoms with Crippen LogP contribution in [0.15, 0.2) is 42.7 Å². The van der Waals surface area contributed by atoms with E-state index in [4.69, 9.17) is 16.9 Å². The van der Waals surface area contributed by atoms with Gasteiger partial charge in [-0.3, -0.25) is 10.4 Å². The molecule has 5 heteroatoms. The van der Waals surface area contributed by atoms with E-state index in [1.54, 1.807) is 42.7 Å². The molecule has 17 heavy (non-hydrogen) atoms. The number of hydrogen-bond donors (Lipinski definition) is 2. The van der Waals surface area contributed by atoms with E-state index in [1.807, 2.05) is 0 Å². The number of anilines is 1. The molecule has 1 heterocycles. The summed E-state index contributed by atoms with van der Waals surface area (Å²) in [5, 5.41) is 8.00. The van der Waals surface area contributed by atoms with Gasteiger partial charge in [0.15, 0.2) is 0 Å². The summed E-state index contributed by atoms with van der Waals surface area (Å²) < 4.78 is 0. The molecule has 1 aromatic heterocycles. The van der Waals surface area contributed by atoms with Crippen molar-refractivity contribution < 1.29 is 20.1 Å². The number of aromatic nitrogens is 1. The zero-order valence-corrected chi connectivity index (χ0v) is 11.3. The first kappa shape index (κ1) is 13.4. The Hall–Kier alpha value is -1.71. The predicted molar refractivity (Wildman–Crippen MR) is 65.0 cm³/mol. The number of rotatable bonds is 2. The fourth-order valence-electron chi connectivity index (χ4n) is 1.44. The molecule has 0 saturated carbocycles. The molecule has 0 atom stereocenters. The molecule has 0 unspecified atom stereocenters. The summed E-state index contributed by atoms with van der Waals surface area (Å²) in [5.41, 5.74) is 15.8. The molecular weight excluding hydrogens is 392 g/mol. The molecule has 1 radical (unpaired) electrons. The summed E-state index contributed by atoms with van der Waals surface area (Å²) in [6, 6.07) is 8.38. The van der Waals surface area contributed by atoms with Gasteiger partial charge >= 0.3 is 0 Å². The van der Waals surface area contributed by atoms with Gasteiger partial charge in [0.25, 0.3) is 0 Å². The van der Waals surface area contributed by atoms with Crippen molar-refractivity contribution in [2.24, 2.45) is 0 Å². The van der Waals surface area contributed by atoms with Gasteiger partial charge in [0.2, 0.25) is 0 Å². The van der Waals surface area contributed by atoms with E-state index in [-0.39, 0.29) is 20.1 Å². The summed E-state index contributed by atoms with van der Waals surface area (Å²) >= 11 is 0. The molecule has 4 N–H and O–H groups in total. The fourth-order valence-corrected chi connectivity index (χ4v) is 1.44. The van der Waals surface area contributed by atoms with Crippen LogP contribution in [0, 0.1) is 5.41 Å².